The van der Waals surface area contributed by atoms with Crippen LogP contribution in [-0.4, -0.2) is 60.2 Å². The van der Waals surface area contributed by atoms with E-state index in [1.165, 1.54) is 64.0 Å². The summed E-state index contributed by atoms with van der Waals surface area (Å²) in [5.41, 5.74) is 2.30. The first-order chi connectivity index (χ1) is 13.6. The van der Waals surface area contributed by atoms with E-state index in [-0.39, 0.29) is 24.8 Å². The van der Waals surface area contributed by atoms with Crippen LogP contribution in [0.5, 0.6) is 0 Å². The molecule has 1 aromatic heterocycles. The van der Waals surface area contributed by atoms with Crippen molar-refractivity contribution in [3.05, 3.63) is 17.5 Å². The summed E-state index contributed by atoms with van der Waals surface area (Å²) in [6, 6.07) is 2.84. The van der Waals surface area contributed by atoms with E-state index in [1.807, 2.05) is 0 Å². The number of anilines is 1. The summed E-state index contributed by atoms with van der Waals surface area (Å²) in [6.07, 6.45) is 7.89. The molecule has 1 unspecified atom stereocenters. The van der Waals surface area contributed by atoms with Gasteiger partial charge in [0.15, 0.2) is 0 Å². The van der Waals surface area contributed by atoms with Crippen molar-refractivity contribution in [3.63, 3.8) is 0 Å². The minimum absolute atomic E-state index is 0. The van der Waals surface area contributed by atoms with Gasteiger partial charge < -0.3 is 10.2 Å². The first-order valence-electron chi connectivity index (χ1n) is 11.6. The van der Waals surface area contributed by atoms with E-state index in [4.69, 9.17) is 9.97 Å². The molecule has 5 nitrogen and oxygen atoms in total. The van der Waals surface area contributed by atoms with Gasteiger partial charge in [-0.1, -0.05) is 13.8 Å². The van der Waals surface area contributed by atoms with E-state index in [0.717, 1.165) is 43.0 Å². The molecule has 7 heteroatoms. The number of aryl methyl sites for hydroxylation is 1. The standard InChI is InChI=1S/C23H39N5.2ClH/c1-17(2)14-21-15-18(3)25-23(26-21)28-13-8-22(16-28)27-11-6-20(7-12-27)19-4-9-24-10-5-19;;/h15,17,19-20,22,24H,4-14,16H2,1-3H3;2*1H. The van der Waals surface area contributed by atoms with Crippen LogP contribution in [0, 0.1) is 24.7 Å². The lowest BCUT2D eigenvalue weighted by atomic mass is 9.79. The van der Waals surface area contributed by atoms with E-state index in [9.17, 15) is 0 Å². The summed E-state index contributed by atoms with van der Waals surface area (Å²) in [5, 5.41) is 3.52. The Labute approximate surface area is 195 Å². The molecule has 3 saturated heterocycles. The lowest BCUT2D eigenvalue weighted by Gasteiger charge is -2.40. The van der Waals surface area contributed by atoms with Crippen molar-refractivity contribution in [2.24, 2.45) is 17.8 Å². The molecule has 0 saturated carbocycles. The van der Waals surface area contributed by atoms with Gasteiger partial charge in [-0.15, -0.1) is 24.8 Å². The Hall–Kier alpha value is -0.620. The fraction of sp³-hybridized carbons (Fsp3) is 0.826. The number of piperidine rings is 2. The van der Waals surface area contributed by atoms with Gasteiger partial charge in [-0.2, -0.15) is 0 Å². The third kappa shape index (κ3) is 6.44. The Kier molecular flexibility index (Phi) is 10.1. The maximum absolute atomic E-state index is 4.90. The van der Waals surface area contributed by atoms with Gasteiger partial charge in [0.2, 0.25) is 5.95 Å². The Balaban J connectivity index is 0.00000160. The van der Waals surface area contributed by atoms with Crippen molar-refractivity contribution in [1.29, 1.82) is 0 Å². The van der Waals surface area contributed by atoms with Gasteiger partial charge in [-0.25, -0.2) is 9.97 Å². The molecule has 3 aliphatic heterocycles. The first-order valence-corrected chi connectivity index (χ1v) is 11.6. The van der Waals surface area contributed by atoms with Crippen LogP contribution in [0.25, 0.3) is 0 Å². The number of halogens is 2. The van der Waals surface area contributed by atoms with Crippen molar-refractivity contribution in [3.8, 4) is 0 Å². The van der Waals surface area contributed by atoms with Crippen LogP contribution in [0.4, 0.5) is 5.95 Å². The number of aromatic nitrogens is 2. The zero-order chi connectivity index (χ0) is 19.5. The summed E-state index contributed by atoms with van der Waals surface area (Å²) >= 11 is 0. The van der Waals surface area contributed by atoms with Crippen LogP contribution in [0.15, 0.2) is 6.07 Å². The van der Waals surface area contributed by atoms with Crippen LogP contribution in [0.2, 0.25) is 0 Å². The number of rotatable bonds is 5. The van der Waals surface area contributed by atoms with E-state index in [1.54, 1.807) is 0 Å². The van der Waals surface area contributed by atoms with Crippen LogP contribution >= 0.6 is 24.8 Å². The fourth-order valence-electron chi connectivity index (χ4n) is 5.57. The lowest BCUT2D eigenvalue weighted by Crippen LogP contribution is -2.45. The predicted molar refractivity (Wildman–Crippen MR) is 130 cm³/mol. The second kappa shape index (κ2) is 11.8. The second-order valence-electron chi connectivity index (χ2n) is 9.75. The summed E-state index contributed by atoms with van der Waals surface area (Å²) in [7, 11) is 0. The maximum Gasteiger partial charge on any atom is 0.225 e. The molecule has 3 fully saturated rings. The largest absolute Gasteiger partial charge is 0.339 e. The van der Waals surface area contributed by atoms with E-state index >= 15 is 0 Å². The zero-order valence-electron chi connectivity index (χ0n) is 19.0. The van der Waals surface area contributed by atoms with Crippen LogP contribution < -0.4 is 10.2 Å². The minimum atomic E-state index is 0. The predicted octanol–water partition coefficient (Wildman–Crippen LogP) is 4.12. The van der Waals surface area contributed by atoms with Crippen LogP contribution in [0.3, 0.4) is 0 Å². The van der Waals surface area contributed by atoms with Crippen molar-refractivity contribution < 1.29 is 0 Å². The molecular weight excluding hydrogens is 417 g/mol. The van der Waals surface area contributed by atoms with Gasteiger partial charge in [0.1, 0.15) is 0 Å². The number of hydrogen-bond donors (Lipinski definition) is 1. The monoisotopic (exact) mass is 457 g/mol. The highest BCUT2D eigenvalue weighted by atomic mass is 35.5. The van der Waals surface area contributed by atoms with E-state index in [0.29, 0.717) is 12.0 Å². The molecule has 1 aromatic rings. The van der Waals surface area contributed by atoms with Gasteiger partial charge in [-0.3, -0.25) is 4.90 Å². The molecule has 30 heavy (non-hydrogen) atoms. The molecule has 4 rings (SSSR count). The Morgan fingerprint density at radius 2 is 1.63 bits per heavy atom. The smallest absolute Gasteiger partial charge is 0.225 e. The molecular formula is C23H41Cl2N5. The SMILES string of the molecule is Cc1cc(CC(C)C)nc(N2CCC(N3CCC(C4CCNCC4)CC3)C2)n1.Cl.Cl. The number of nitrogens with zero attached hydrogens (tertiary/aromatic N) is 4. The average Bonchev–Trinajstić information content (AvgIpc) is 3.18. The Morgan fingerprint density at radius 1 is 0.967 bits per heavy atom. The fourth-order valence-corrected chi connectivity index (χ4v) is 5.57. The summed E-state index contributed by atoms with van der Waals surface area (Å²) < 4.78 is 0. The third-order valence-electron chi connectivity index (χ3n) is 7.10. The minimum Gasteiger partial charge on any atom is -0.339 e. The average molecular weight is 459 g/mol. The molecule has 1 atom stereocenters. The molecule has 4 heterocycles. The van der Waals surface area contributed by atoms with E-state index < -0.39 is 0 Å². The van der Waals surface area contributed by atoms with E-state index in [2.05, 4.69) is 42.0 Å². The summed E-state index contributed by atoms with van der Waals surface area (Å²) in [6.45, 7) is 13.9. The Morgan fingerprint density at radius 3 is 2.30 bits per heavy atom. The van der Waals surface area contributed by atoms with Gasteiger partial charge in [0, 0.05) is 30.5 Å². The Bertz CT molecular complexity index is 642. The molecule has 0 aromatic carbocycles. The molecule has 0 radical (unpaired) electrons. The zero-order valence-corrected chi connectivity index (χ0v) is 20.6. The third-order valence-corrected chi connectivity index (χ3v) is 7.10. The lowest BCUT2D eigenvalue weighted by molar-refractivity contribution is 0.104. The normalized spacial score (nSPS) is 24.0. The second-order valence-corrected chi connectivity index (χ2v) is 9.75. The first kappa shape index (κ1) is 25.6. The highest BCUT2D eigenvalue weighted by molar-refractivity contribution is 5.85. The molecule has 3 aliphatic rings. The molecule has 0 spiro atoms. The summed E-state index contributed by atoms with van der Waals surface area (Å²) in [5.74, 6) is 3.54. The van der Waals surface area contributed by atoms with Crippen LogP contribution in [0.1, 0.15) is 57.3 Å². The number of likely N-dealkylation sites (tertiary alicyclic amines) is 1. The summed E-state index contributed by atoms with van der Waals surface area (Å²) in [4.78, 5) is 14.9. The highest BCUT2D eigenvalue weighted by Crippen LogP contribution is 2.32. The highest BCUT2D eigenvalue weighted by Gasteiger charge is 2.34. The topological polar surface area (TPSA) is 44.3 Å². The number of hydrogen-bond acceptors (Lipinski definition) is 5. The van der Waals surface area contributed by atoms with Crippen molar-refractivity contribution in [2.45, 2.75) is 65.3 Å². The van der Waals surface area contributed by atoms with Crippen LogP contribution in [-0.2, 0) is 6.42 Å². The molecule has 0 aliphatic carbocycles. The number of nitrogens with one attached hydrogen (secondary N) is 1. The molecule has 0 bridgehead atoms. The maximum atomic E-state index is 4.90. The van der Waals surface area contributed by atoms with Gasteiger partial charge in [0.05, 0.1) is 0 Å². The van der Waals surface area contributed by atoms with Crippen molar-refractivity contribution in [2.75, 3.05) is 44.2 Å². The van der Waals surface area contributed by atoms with Crippen molar-refractivity contribution in [1.82, 2.24) is 20.2 Å². The quantitative estimate of drug-likeness (QED) is 0.719. The molecule has 0 amide bonds. The molecule has 172 valence electrons. The molecule has 1 N–H and O–H groups in total. The van der Waals surface area contributed by atoms with Gasteiger partial charge in [0.25, 0.3) is 0 Å². The van der Waals surface area contributed by atoms with Crippen molar-refractivity contribution >= 4 is 30.8 Å². The van der Waals surface area contributed by atoms with Gasteiger partial charge in [-0.05, 0) is 95.4 Å². The van der Waals surface area contributed by atoms with Gasteiger partial charge >= 0.3 is 0 Å².